The van der Waals surface area contributed by atoms with E-state index in [-0.39, 0.29) is 0 Å². The summed E-state index contributed by atoms with van der Waals surface area (Å²) in [4.78, 5) is 0. The van der Waals surface area contributed by atoms with Crippen molar-refractivity contribution in [3.05, 3.63) is 26.2 Å². The minimum atomic E-state index is 0.628. The van der Waals surface area contributed by atoms with Crippen LogP contribution in [0.3, 0.4) is 0 Å². The standard InChI is InChI=1S/C5H8O/c1-3-4-5-6-2/h4,6H,1-2,5H2. The smallest absolute Gasteiger partial charge is 0.122 e. The Bertz CT molecular complexity index is 39.2. The van der Waals surface area contributed by atoms with E-state index in [9.17, 15) is 0 Å². The molecule has 1 N–H and O–H groups in total. The van der Waals surface area contributed by atoms with Crippen molar-refractivity contribution in [1.82, 2.24) is 0 Å². The average Bonchev–Trinajstić information content (AvgIpc) is 1.61. The van der Waals surface area contributed by atoms with Gasteiger partial charge in [-0.2, -0.15) is 0 Å². The molecule has 34 valence electrons. The van der Waals surface area contributed by atoms with Crippen molar-refractivity contribution in [1.29, 1.82) is 0 Å². The van der Waals surface area contributed by atoms with Gasteiger partial charge in [0, 0.05) is 6.92 Å². The molecule has 0 spiro atoms. The molecule has 0 aliphatic rings. The summed E-state index contributed by atoms with van der Waals surface area (Å²) in [7, 11) is 3.25. The fraction of sp³-hybridized carbons (Fsp3) is 0.200. The van der Waals surface area contributed by atoms with Gasteiger partial charge in [-0.15, -0.1) is 0 Å². The molecule has 1 nitrogen and oxygen atoms in total. The van der Waals surface area contributed by atoms with Crippen LogP contribution in [0.4, 0.5) is 0 Å². The minimum absolute atomic E-state index is 0.628. The molecule has 0 saturated heterocycles. The molecule has 1 heteroatoms. The maximum Gasteiger partial charge on any atom is 0.122 e. The summed E-state index contributed by atoms with van der Waals surface area (Å²) in [5, 5.41) is 0. The molecule has 0 aliphatic carbocycles. The van der Waals surface area contributed by atoms with Crippen molar-refractivity contribution >= 4 is 0 Å². The molecule has 0 bridgehead atoms. The zero-order valence-electron chi connectivity index (χ0n) is 3.65. The van der Waals surface area contributed by atoms with Crippen molar-refractivity contribution in [3.8, 4) is 0 Å². The van der Waals surface area contributed by atoms with Crippen LogP contribution in [0.2, 0.25) is 0 Å². The first-order valence-corrected chi connectivity index (χ1v) is 1.68. The van der Waals surface area contributed by atoms with Gasteiger partial charge in [0.1, 0.15) is 6.61 Å². The van der Waals surface area contributed by atoms with Crippen LogP contribution in [0.25, 0.3) is 0 Å². The normalized spacial score (nSPS) is 8.83. The third-order valence-electron chi connectivity index (χ3n) is 0.365. The highest BCUT2D eigenvalue weighted by Gasteiger charge is 1.66. The topological polar surface area (TPSA) is 12.8 Å². The fourth-order valence-electron chi connectivity index (χ4n) is 0.129. The summed E-state index contributed by atoms with van der Waals surface area (Å²) < 4.78 is 3.52. The summed E-state index contributed by atoms with van der Waals surface area (Å²) in [6.07, 6.45) is 4.28. The van der Waals surface area contributed by atoms with Gasteiger partial charge in [-0.25, -0.2) is 0 Å². The maximum absolute atomic E-state index is 3.52. The van der Waals surface area contributed by atoms with Crippen molar-refractivity contribution in [2.24, 2.45) is 0 Å². The Morgan fingerprint density at radius 3 is 2.67 bits per heavy atom. The molecule has 0 amide bonds. The van der Waals surface area contributed by atoms with Crippen LogP contribution >= 0.6 is 0 Å². The van der Waals surface area contributed by atoms with E-state index in [0.29, 0.717) is 6.61 Å². The Morgan fingerprint density at radius 2 is 2.50 bits per heavy atom. The van der Waals surface area contributed by atoms with E-state index in [4.69, 9.17) is 0 Å². The van der Waals surface area contributed by atoms with E-state index in [1.54, 1.807) is 6.08 Å². The van der Waals surface area contributed by atoms with Crippen LogP contribution < -0.4 is 0 Å². The summed E-state index contributed by atoms with van der Waals surface area (Å²) >= 11 is 0. The number of rotatable bonds is 2. The summed E-state index contributed by atoms with van der Waals surface area (Å²) in [6, 6.07) is 0. The molecule has 0 unspecified atom stereocenters. The van der Waals surface area contributed by atoms with Gasteiger partial charge < -0.3 is 4.74 Å². The largest absolute Gasteiger partial charge is 0.589 e. The van der Waals surface area contributed by atoms with Gasteiger partial charge in [0.15, 0.2) is 0 Å². The second-order valence-corrected chi connectivity index (χ2v) is 0.814. The number of hydrogen-bond donors (Lipinski definition) is 0. The van der Waals surface area contributed by atoms with E-state index in [0.717, 1.165) is 0 Å². The molecule has 6 heavy (non-hydrogen) atoms. The first-order chi connectivity index (χ1) is 2.91. The number of hydrogen-bond acceptors (Lipinski definition) is 0. The zero-order valence-corrected chi connectivity index (χ0v) is 3.65. The predicted octanol–water partition coefficient (Wildman–Crippen LogP) is 0.499. The first-order valence-electron chi connectivity index (χ1n) is 1.68. The van der Waals surface area contributed by atoms with Crippen LogP contribution in [0.15, 0.2) is 6.08 Å². The van der Waals surface area contributed by atoms with Gasteiger partial charge in [-0.3, -0.25) is 0 Å². The highest BCUT2D eigenvalue weighted by atomic mass is 16.5. The molecule has 0 radical (unpaired) electrons. The minimum Gasteiger partial charge on any atom is -0.589 e. The highest BCUT2D eigenvalue weighted by Crippen LogP contribution is 1.64. The second-order valence-electron chi connectivity index (χ2n) is 0.814. The highest BCUT2D eigenvalue weighted by molar-refractivity contribution is 4.73. The van der Waals surface area contributed by atoms with Gasteiger partial charge in [-0.1, -0.05) is 7.11 Å². The number of ether oxygens (including phenoxy) is 1. The molecule has 0 fully saturated rings. The first kappa shape index (κ1) is 5.48. The van der Waals surface area contributed by atoms with Gasteiger partial charge in [0.2, 0.25) is 0 Å². The van der Waals surface area contributed by atoms with Crippen molar-refractivity contribution < 1.29 is 4.74 Å². The molecule has 0 atom stereocenters. The van der Waals surface area contributed by atoms with E-state index >= 15 is 0 Å². The molecule has 0 saturated carbocycles. The Balaban J connectivity index is 2.66. The SMILES string of the molecule is [CH2-]/[C+]=C/C[OH+][CH2-]. The van der Waals surface area contributed by atoms with Gasteiger partial charge in [-0.05, 0) is 0 Å². The second kappa shape index (κ2) is 4.48. The van der Waals surface area contributed by atoms with Crippen LogP contribution in [0.5, 0.6) is 0 Å². The monoisotopic (exact) mass is 84.1 g/mol. The van der Waals surface area contributed by atoms with E-state index < -0.39 is 0 Å². The summed E-state index contributed by atoms with van der Waals surface area (Å²) in [5.41, 5.74) is 0. The predicted molar refractivity (Wildman–Crippen MR) is 25.6 cm³/mol. The Hall–Kier alpha value is -0.520. The van der Waals surface area contributed by atoms with Gasteiger partial charge in [0.05, 0.1) is 12.2 Å². The van der Waals surface area contributed by atoms with Crippen molar-refractivity contribution in [2.75, 3.05) is 6.61 Å². The van der Waals surface area contributed by atoms with Crippen LogP contribution in [-0.2, 0) is 0 Å². The average molecular weight is 84.1 g/mol. The lowest BCUT2D eigenvalue weighted by molar-refractivity contribution is 0.0842. The van der Waals surface area contributed by atoms with Gasteiger partial charge in [0.25, 0.3) is 0 Å². The quantitative estimate of drug-likeness (QED) is 0.341. The molecule has 0 aliphatic heterocycles. The lowest BCUT2D eigenvalue weighted by Crippen LogP contribution is -1.82. The third-order valence-corrected chi connectivity index (χ3v) is 0.365. The Morgan fingerprint density at radius 1 is 1.83 bits per heavy atom. The van der Waals surface area contributed by atoms with Crippen molar-refractivity contribution in [2.45, 2.75) is 0 Å². The Labute approximate surface area is 38.6 Å². The summed E-state index contributed by atoms with van der Waals surface area (Å²) in [6.45, 7) is 3.96. The molecular formula is C5H8O. The molecule has 0 aromatic carbocycles. The molecule has 0 heterocycles. The maximum atomic E-state index is 3.52. The number of aliphatic hydroxyl groups is 2. The van der Waals surface area contributed by atoms with Crippen molar-refractivity contribution in [3.63, 3.8) is 0 Å². The van der Waals surface area contributed by atoms with E-state index in [1.807, 2.05) is 0 Å². The van der Waals surface area contributed by atoms with Crippen LogP contribution in [0.1, 0.15) is 0 Å². The van der Waals surface area contributed by atoms with E-state index in [2.05, 4.69) is 24.8 Å². The van der Waals surface area contributed by atoms with Gasteiger partial charge >= 0.3 is 0 Å². The van der Waals surface area contributed by atoms with Crippen LogP contribution in [0, 0.1) is 20.1 Å². The lowest BCUT2D eigenvalue weighted by atomic mass is 10.6. The summed E-state index contributed by atoms with van der Waals surface area (Å²) in [5.74, 6) is 0. The fourth-order valence-corrected chi connectivity index (χ4v) is 0.129. The molecular weight excluding hydrogens is 76.1 g/mol. The molecule has 0 aromatic heterocycles. The zero-order chi connectivity index (χ0) is 4.83. The Kier molecular flexibility index (Phi) is 4.09. The molecule has 0 aromatic rings. The lowest BCUT2D eigenvalue weighted by Gasteiger charge is -1.87. The molecule has 0 rings (SSSR count). The van der Waals surface area contributed by atoms with Crippen LogP contribution in [-0.4, -0.2) is 11.3 Å². The van der Waals surface area contributed by atoms with E-state index in [1.165, 1.54) is 0 Å². The third kappa shape index (κ3) is 3.48. The number of allylic oxidation sites excluding steroid dienone is 1.